The van der Waals surface area contributed by atoms with Crippen LogP contribution >= 0.6 is 23.2 Å². The van der Waals surface area contributed by atoms with Crippen LogP contribution in [0.15, 0.2) is 77.7 Å². The summed E-state index contributed by atoms with van der Waals surface area (Å²) in [5, 5.41) is 2.83. The van der Waals surface area contributed by atoms with Crippen molar-refractivity contribution in [3.63, 3.8) is 0 Å². The summed E-state index contributed by atoms with van der Waals surface area (Å²) in [5.41, 5.74) is 0.578. The number of hydrogen-bond donors (Lipinski definition) is 1. The first kappa shape index (κ1) is 29.4. The van der Waals surface area contributed by atoms with Gasteiger partial charge in [0.1, 0.15) is 18.4 Å². The number of nitrogens with one attached hydrogen (secondary N) is 1. The third kappa shape index (κ3) is 7.03. The normalized spacial score (nSPS) is 12.0. The van der Waals surface area contributed by atoms with E-state index in [4.69, 9.17) is 23.2 Å². The van der Waals surface area contributed by atoms with E-state index in [2.05, 4.69) is 5.32 Å². The van der Waals surface area contributed by atoms with Crippen molar-refractivity contribution in [3.8, 4) is 0 Å². The Kier molecular flexibility index (Phi) is 10.1. The average Bonchev–Trinajstić information content (AvgIpc) is 2.91. The van der Waals surface area contributed by atoms with Crippen LogP contribution in [0.1, 0.15) is 25.8 Å². The van der Waals surface area contributed by atoms with Gasteiger partial charge in [0.25, 0.3) is 10.0 Å². The number of anilines is 1. The predicted octanol–water partition coefficient (Wildman–Crippen LogP) is 5.27. The molecule has 0 aliphatic carbocycles. The van der Waals surface area contributed by atoms with Gasteiger partial charge in [-0.3, -0.25) is 13.9 Å². The molecule has 2 amide bonds. The molecule has 1 N–H and O–H groups in total. The molecule has 38 heavy (non-hydrogen) atoms. The Hall–Kier alpha value is -3.14. The van der Waals surface area contributed by atoms with Gasteiger partial charge >= 0.3 is 0 Å². The minimum atomic E-state index is -4.27. The number of carbonyl (C=O) groups excluding carboxylic acids is 2. The maximum atomic E-state index is 13.8. The lowest BCUT2D eigenvalue weighted by Gasteiger charge is -2.32. The van der Waals surface area contributed by atoms with E-state index in [9.17, 15) is 22.4 Å². The van der Waals surface area contributed by atoms with E-state index in [-0.39, 0.29) is 27.2 Å². The van der Waals surface area contributed by atoms with Crippen molar-refractivity contribution in [1.29, 1.82) is 0 Å². The molecule has 0 spiro atoms. The molecule has 0 radical (unpaired) electrons. The topological polar surface area (TPSA) is 86.8 Å². The molecule has 202 valence electrons. The van der Waals surface area contributed by atoms with E-state index < -0.39 is 40.2 Å². The second-order valence-corrected chi connectivity index (χ2v) is 11.2. The summed E-state index contributed by atoms with van der Waals surface area (Å²) in [5.74, 6) is -1.51. The number of hydrogen-bond acceptors (Lipinski definition) is 4. The Morgan fingerprint density at radius 1 is 0.974 bits per heavy atom. The van der Waals surface area contributed by atoms with Crippen molar-refractivity contribution in [1.82, 2.24) is 10.2 Å². The molecule has 0 saturated carbocycles. The molecule has 7 nitrogen and oxygen atoms in total. The Balaban J connectivity index is 2.04. The first-order valence-electron chi connectivity index (χ1n) is 11.9. The number of rotatable bonds is 11. The summed E-state index contributed by atoms with van der Waals surface area (Å²) in [6, 6.07) is 16.6. The van der Waals surface area contributed by atoms with E-state index >= 15 is 0 Å². The third-order valence-corrected chi connectivity index (χ3v) is 8.38. The third-order valence-electron chi connectivity index (χ3n) is 5.79. The molecule has 3 rings (SSSR count). The molecule has 0 bridgehead atoms. The summed E-state index contributed by atoms with van der Waals surface area (Å²) < 4.78 is 41.8. The Morgan fingerprint density at radius 2 is 1.63 bits per heavy atom. The smallest absolute Gasteiger partial charge is 0.264 e. The molecule has 11 heteroatoms. The van der Waals surface area contributed by atoms with Crippen molar-refractivity contribution >= 4 is 50.7 Å². The lowest BCUT2D eigenvalue weighted by molar-refractivity contribution is -0.139. The fourth-order valence-electron chi connectivity index (χ4n) is 3.68. The Bertz CT molecular complexity index is 1370. The Labute approximate surface area is 232 Å². The van der Waals surface area contributed by atoms with E-state index in [1.54, 1.807) is 25.1 Å². The van der Waals surface area contributed by atoms with Gasteiger partial charge in [-0.25, -0.2) is 12.8 Å². The van der Waals surface area contributed by atoms with Crippen molar-refractivity contribution < 1.29 is 22.4 Å². The van der Waals surface area contributed by atoms with Gasteiger partial charge in [-0.1, -0.05) is 66.5 Å². The highest BCUT2D eigenvalue weighted by Crippen LogP contribution is 2.35. The molecule has 0 aliphatic heterocycles. The second kappa shape index (κ2) is 13.1. The van der Waals surface area contributed by atoms with Crippen LogP contribution in [-0.2, 0) is 26.2 Å². The van der Waals surface area contributed by atoms with Gasteiger partial charge < -0.3 is 10.2 Å². The van der Waals surface area contributed by atoms with Crippen LogP contribution < -0.4 is 9.62 Å². The van der Waals surface area contributed by atoms with Crippen LogP contribution in [-0.4, -0.2) is 44.3 Å². The minimum Gasteiger partial charge on any atom is -0.354 e. The molecular weight excluding hydrogens is 552 g/mol. The van der Waals surface area contributed by atoms with Gasteiger partial charge in [-0.2, -0.15) is 0 Å². The summed E-state index contributed by atoms with van der Waals surface area (Å²) >= 11 is 12.6. The number of halogens is 3. The summed E-state index contributed by atoms with van der Waals surface area (Å²) in [6.07, 6.45) is 0.695. The zero-order valence-corrected chi connectivity index (χ0v) is 23.2. The zero-order valence-electron chi connectivity index (χ0n) is 20.9. The quantitative estimate of drug-likeness (QED) is 0.335. The van der Waals surface area contributed by atoms with Gasteiger partial charge in [-0.15, -0.1) is 0 Å². The van der Waals surface area contributed by atoms with E-state index in [1.807, 2.05) is 6.92 Å². The largest absolute Gasteiger partial charge is 0.354 e. The van der Waals surface area contributed by atoms with E-state index in [1.165, 1.54) is 59.5 Å². The molecule has 0 saturated heterocycles. The molecule has 1 unspecified atom stereocenters. The lowest BCUT2D eigenvalue weighted by atomic mass is 10.1. The lowest BCUT2D eigenvalue weighted by Crippen LogP contribution is -2.51. The number of nitrogens with zero attached hydrogens (tertiary/aromatic N) is 2. The van der Waals surface area contributed by atoms with Crippen molar-refractivity contribution in [3.05, 3.63) is 94.2 Å². The standard InChI is InChI=1S/C27H28Cl2FN3O4S/c1-3-16-31-27(35)19(2)32(17-20-12-14-21(30)15-13-20)25(34)18-33(24-11-7-10-23(28)26(24)29)38(36,37)22-8-5-4-6-9-22/h4-15,19H,3,16-18H2,1-2H3,(H,31,35). The van der Waals surface area contributed by atoms with Gasteiger partial charge in [0.2, 0.25) is 11.8 Å². The second-order valence-electron chi connectivity index (χ2n) is 8.51. The number of sulfonamides is 1. The SMILES string of the molecule is CCCNC(=O)C(C)N(Cc1ccc(F)cc1)C(=O)CN(c1cccc(Cl)c1Cl)S(=O)(=O)c1ccccc1. The van der Waals surface area contributed by atoms with Gasteiger partial charge in [-0.05, 0) is 55.3 Å². The van der Waals surface area contributed by atoms with Crippen LogP contribution in [0.25, 0.3) is 0 Å². The highest BCUT2D eigenvalue weighted by atomic mass is 35.5. The maximum absolute atomic E-state index is 13.8. The van der Waals surface area contributed by atoms with Gasteiger partial charge in [0.05, 0.1) is 20.6 Å². The highest BCUT2D eigenvalue weighted by molar-refractivity contribution is 7.92. The monoisotopic (exact) mass is 579 g/mol. The predicted molar refractivity (Wildman–Crippen MR) is 147 cm³/mol. The van der Waals surface area contributed by atoms with E-state index in [0.29, 0.717) is 18.5 Å². The summed E-state index contributed by atoms with van der Waals surface area (Å²) in [6.45, 7) is 3.14. The van der Waals surface area contributed by atoms with Crippen molar-refractivity contribution in [2.45, 2.75) is 37.8 Å². The van der Waals surface area contributed by atoms with Crippen molar-refractivity contribution in [2.24, 2.45) is 0 Å². The maximum Gasteiger partial charge on any atom is 0.264 e. The molecule has 0 heterocycles. The zero-order chi connectivity index (χ0) is 27.9. The Morgan fingerprint density at radius 3 is 2.26 bits per heavy atom. The van der Waals surface area contributed by atoms with Gasteiger partial charge in [0, 0.05) is 13.1 Å². The number of carbonyl (C=O) groups is 2. The average molecular weight is 581 g/mol. The van der Waals surface area contributed by atoms with Gasteiger partial charge in [0.15, 0.2) is 0 Å². The molecule has 0 fully saturated rings. The van der Waals surface area contributed by atoms with E-state index in [0.717, 1.165) is 4.31 Å². The number of benzene rings is 3. The fourth-order valence-corrected chi connectivity index (χ4v) is 5.58. The molecule has 3 aromatic rings. The summed E-state index contributed by atoms with van der Waals surface area (Å²) in [4.78, 5) is 27.8. The highest BCUT2D eigenvalue weighted by Gasteiger charge is 2.33. The van der Waals surface area contributed by atoms with Crippen LogP contribution in [0.2, 0.25) is 10.0 Å². The first-order chi connectivity index (χ1) is 18.1. The summed E-state index contributed by atoms with van der Waals surface area (Å²) in [7, 11) is -4.27. The number of amides is 2. The van der Waals surface area contributed by atoms with Crippen LogP contribution in [0, 0.1) is 5.82 Å². The molecule has 1 atom stereocenters. The minimum absolute atomic E-state index is 0.0150. The van der Waals surface area contributed by atoms with Crippen LogP contribution in [0.4, 0.5) is 10.1 Å². The molecule has 3 aromatic carbocycles. The molecule has 0 aliphatic rings. The fraction of sp³-hybridized carbons (Fsp3) is 0.259. The first-order valence-corrected chi connectivity index (χ1v) is 14.1. The molecule has 0 aromatic heterocycles. The van der Waals surface area contributed by atoms with Crippen LogP contribution in [0.3, 0.4) is 0 Å². The molecular formula is C27H28Cl2FN3O4S. The van der Waals surface area contributed by atoms with Crippen molar-refractivity contribution in [2.75, 3.05) is 17.4 Å². The van der Waals surface area contributed by atoms with Crippen LogP contribution in [0.5, 0.6) is 0 Å².